The molecule has 0 saturated carbocycles. The van der Waals surface area contributed by atoms with Crippen LogP contribution in [0.25, 0.3) is 16.5 Å². The van der Waals surface area contributed by atoms with Gasteiger partial charge in [-0.1, -0.05) is 31.2 Å². The van der Waals surface area contributed by atoms with Crippen LogP contribution >= 0.6 is 11.8 Å². The van der Waals surface area contributed by atoms with E-state index in [2.05, 4.69) is 53.3 Å². The predicted molar refractivity (Wildman–Crippen MR) is 95.0 cm³/mol. The first kappa shape index (κ1) is 14.7. The molecule has 0 amide bonds. The SMILES string of the molecule is CCSCCCn1cc(C2=CCNCC2)c2ccccc21. The minimum absolute atomic E-state index is 1.00. The van der Waals surface area contributed by atoms with Gasteiger partial charge in [-0.25, -0.2) is 0 Å². The van der Waals surface area contributed by atoms with Gasteiger partial charge in [-0.15, -0.1) is 0 Å². The second-order valence-electron chi connectivity index (χ2n) is 5.49. The van der Waals surface area contributed by atoms with Gasteiger partial charge < -0.3 is 9.88 Å². The van der Waals surface area contributed by atoms with Crippen LogP contribution in [0.15, 0.2) is 36.5 Å². The summed E-state index contributed by atoms with van der Waals surface area (Å²) in [5.74, 6) is 2.47. The van der Waals surface area contributed by atoms with Gasteiger partial charge in [-0.05, 0) is 42.5 Å². The Bertz CT molecular complexity index is 627. The average Bonchev–Trinajstić information content (AvgIpc) is 2.92. The molecule has 0 atom stereocenters. The zero-order valence-corrected chi connectivity index (χ0v) is 13.6. The maximum Gasteiger partial charge on any atom is 0.0486 e. The van der Waals surface area contributed by atoms with E-state index in [-0.39, 0.29) is 0 Å². The van der Waals surface area contributed by atoms with Gasteiger partial charge in [0.15, 0.2) is 0 Å². The summed E-state index contributed by atoms with van der Waals surface area (Å²) in [7, 11) is 0. The Balaban J connectivity index is 1.88. The number of aryl methyl sites for hydroxylation is 1. The molecule has 1 aromatic heterocycles. The zero-order valence-electron chi connectivity index (χ0n) is 12.8. The molecule has 0 aliphatic carbocycles. The van der Waals surface area contributed by atoms with Crippen molar-refractivity contribution in [2.24, 2.45) is 0 Å². The number of benzene rings is 1. The van der Waals surface area contributed by atoms with Crippen molar-refractivity contribution >= 4 is 28.2 Å². The molecule has 1 aliphatic heterocycles. The highest BCUT2D eigenvalue weighted by Gasteiger charge is 2.13. The lowest BCUT2D eigenvalue weighted by Crippen LogP contribution is -2.19. The normalized spacial score (nSPS) is 15.4. The molecule has 0 unspecified atom stereocenters. The van der Waals surface area contributed by atoms with Crippen molar-refractivity contribution in [2.45, 2.75) is 26.3 Å². The molecule has 2 aromatic rings. The fourth-order valence-corrected chi connectivity index (χ4v) is 3.66. The average molecular weight is 300 g/mol. The summed E-state index contributed by atoms with van der Waals surface area (Å²) in [6.45, 7) is 5.46. The molecule has 2 heterocycles. The Morgan fingerprint density at radius 2 is 2.19 bits per heavy atom. The van der Waals surface area contributed by atoms with Crippen molar-refractivity contribution in [2.75, 3.05) is 24.6 Å². The number of thioether (sulfide) groups is 1. The summed E-state index contributed by atoms with van der Waals surface area (Å²) in [4.78, 5) is 0. The van der Waals surface area contributed by atoms with Gasteiger partial charge in [0.1, 0.15) is 0 Å². The van der Waals surface area contributed by atoms with Crippen LogP contribution in [0.2, 0.25) is 0 Å². The monoisotopic (exact) mass is 300 g/mol. The summed E-state index contributed by atoms with van der Waals surface area (Å²) in [5, 5.41) is 4.81. The van der Waals surface area contributed by atoms with Crippen LogP contribution in [0, 0.1) is 0 Å². The van der Waals surface area contributed by atoms with Crippen LogP contribution in [0.5, 0.6) is 0 Å². The zero-order chi connectivity index (χ0) is 14.5. The van der Waals surface area contributed by atoms with Crippen molar-refractivity contribution in [3.8, 4) is 0 Å². The topological polar surface area (TPSA) is 17.0 Å². The van der Waals surface area contributed by atoms with Crippen molar-refractivity contribution in [3.05, 3.63) is 42.1 Å². The second kappa shape index (κ2) is 7.19. The lowest BCUT2D eigenvalue weighted by atomic mass is 10.00. The van der Waals surface area contributed by atoms with Crippen LogP contribution in [0.1, 0.15) is 25.3 Å². The third kappa shape index (κ3) is 3.35. The number of rotatable bonds is 6. The van der Waals surface area contributed by atoms with Crippen LogP contribution < -0.4 is 5.32 Å². The molecule has 0 bridgehead atoms. The summed E-state index contributed by atoms with van der Waals surface area (Å²) in [5.41, 5.74) is 4.33. The standard InChI is InChI=1S/C18H24N2S/c1-2-21-13-5-12-20-14-17(15-8-10-19-11-9-15)16-6-3-4-7-18(16)20/h3-4,6-8,14,19H,2,5,9-13H2,1H3. The second-order valence-corrected chi connectivity index (χ2v) is 6.88. The lowest BCUT2D eigenvalue weighted by molar-refractivity contribution is 0.707. The van der Waals surface area contributed by atoms with Crippen molar-refractivity contribution in [3.63, 3.8) is 0 Å². The highest BCUT2D eigenvalue weighted by Crippen LogP contribution is 2.30. The number of aromatic nitrogens is 1. The van der Waals surface area contributed by atoms with E-state index in [1.807, 2.05) is 11.8 Å². The number of hydrogen-bond acceptors (Lipinski definition) is 2. The minimum atomic E-state index is 1.00. The highest BCUT2D eigenvalue weighted by molar-refractivity contribution is 7.99. The molecule has 2 nitrogen and oxygen atoms in total. The first-order chi connectivity index (χ1) is 10.4. The molecule has 0 saturated heterocycles. The van der Waals surface area contributed by atoms with Gasteiger partial charge in [0.25, 0.3) is 0 Å². The van der Waals surface area contributed by atoms with E-state index in [0.717, 1.165) is 26.1 Å². The number of nitrogens with zero attached hydrogens (tertiary/aromatic N) is 1. The van der Waals surface area contributed by atoms with Crippen molar-refractivity contribution < 1.29 is 0 Å². The maximum absolute atomic E-state index is 3.40. The van der Waals surface area contributed by atoms with E-state index in [0.29, 0.717) is 0 Å². The van der Waals surface area contributed by atoms with Gasteiger partial charge in [0, 0.05) is 35.8 Å². The predicted octanol–water partition coefficient (Wildman–Crippen LogP) is 4.16. The molecule has 0 radical (unpaired) electrons. The number of nitrogens with one attached hydrogen (secondary N) is 1. The van der Waals surface area contributed by atoms with Crippen molar-refractivity contribution in [1.82, 2.24) is 9.88 Å². The van der Waals surface area contributed by atoms with Gasteiger partial charge >= 0.3 is 0 Å². The molecule has 3 heteroatoms. The highest BCUT2D eigenvalue weighted by atomic mass is 32.2. The molecular weight excluding hydrogens is 276 g/mol. The number of para-hydroxylation sites is 1. The van der Waals surface area contributed by atoms with E-state index in [1.54, 1.807) is 0 Å². The molecular formula is C18H24N2S. The van der Waals surface area contributed by atoms with E-state index in [9.17, 15) is 0 Å². The Morgan fingerprint density at radius 1 is 1.29 bits per heavy atom. The Labute approximate surface area is 131 Å². The van der Waals surface area contributed by atoms with Gasteiger partial charge in [0.05, 0.1) is 0 Å². The van der Waals surface area contributed by atoms with Gasteiger partial charge in [0.2, 0.25) is 0 Å². The maximum atomic E-state index is 3.40. The molecule has 1 N–H and O–H groups in total. The fraction of sp³-hybridized carbons (Fsp3) is 0.444. The summed E-state index contributed by atoms with van der Waals surface area (Å²) < 4.78 is 2.45. The minimum Gasteiger partial charge on any atom is -0.347 e. The Hall–Kier alpha value is -1.19. The largest absolute Gasteiger partial charge is 0.347 e. The molecule has 0 spiro atoms. The molecule has 0 fully saturated rings. The van der Waals surface area contributed by atoms with E-state index in [1.165, 1.54) is 40.0 Å². The smallest absolute Gasteiger partial charge is 0.0486 e. The third-order valence-electron chi connectivity index (χ3n) is 4.09. The van der Waals surface area contributed by atoms with E-state index >= 15 is 0 Å². The van der Waals surface area contributed by atoms with Gasteiger partial charge in [-0.3, -0.25) is 0 Å². The molecule has 21 heavy (non-hydrogen) atoms. The fourth-order valence-electron chi connectivity index (χ4n) is 3.04. The van der Waals surface area contributed by atoms with Crippen LogP contribution in [0.4, 0.5) is 0 Å². The summed E-state index contributed by atoms with van der Waals surface area (Å²) in [6, 6.07) is 8.84. The molecule has 1 aromatic carbocycles. The molecule has 112 valence electrons. The van der Waals surface area contributed by atoms with Crippen LogP contribution in [-0.2, 0) is 6.54 Å². The Morgan fingerprint density at radius 3 is 3.00 bits per heavy atom. The summed E-state index contributed by atoms with van der Waals surface area (Å²) >= 11 is 2.03. The van der Waals surface area contributed by atoms with E-state index in [4.69, 9.17) is 0 Å². The van der Waals surface area contributed by atoms with Crippen molar-refractivity contribution in [1.29, 1.82) is 0 Å². The van der Waals surface area contributed by atoms with E-state index < -0.39 is 0 Å². The van der Waals surface area contributed by atoms with Gasteiger partial charge in [-0.2, -0.15) is 11.8 Å². The quantitative estimate of drug-likeness (QED) is 0.807. The number of hydrogen-bond donors (Lipinski definition) is 1. The Kier molecular flexibility index (Phi) is 5.04. The molecule has 1 aliphatic rings. The number of fused-ring (bicyclic) bond motifs is 1. The first-order valence-corrected chi connectivity index (χ1v) is 9.11. The van der Waals surface area contributed by atoms with Crippen LogP contribution in [-0.4, -0.2) is 29.2 Å². The summed E-state index contributed by atoms with van der Waals surface area (Å²) in [6.07, 6.45) is 7.11. The third-order valence-corrected chi connectivity index (χ3v) is 5.08. The first-order valence-electron chi connectivity index (χ1n) is 7.96. The van der Waals surface area contributed by atoms with Crippen LogP contribution in [0.3, 0.4) is 0 Å². The lowest BCUT2D eigenvalue weighted by Gasteiger charge is -2.13. The molecule has 3 rings (SSSR count).